The van der Waals surface area contributed by atoms with Gasteiger partial charge in [0.25, 0.3) is 0 Å². The Morgan fingerprint density at radius 2 is 1.97 bits per heavy atom. The Kier molecular flexibility index (Phi) is 7.30. The smallest absolute Gasteiger partial charge is 0.379 e. The predicted octanol–water partition coefficient (Wildman–Crippen LogP) is 3.86. The van der Waals surface area contributed by atoms with Gasteiger partial charge in [-0.2, -0.15) is 13.2 Å². The molecule has 1 aromatic carbocycles. The summed E-state index contributed by atoms with van der Waals surface area (Å²) in [5, 5.41) is 6.20. The Morgan fingerprint density at radius 1 is 1.23 bits per heavy atom. The van der Waals surface area contributed by atoms with Crippen LogP contribution in [0.2, 0.25) is 0 Å². The molecule has 0 radical (unpaired) electrons. The van der Waals surface area contributed by atoms with Crippen molar-refractivity contribution in [3.8, 4) is 0 Å². The highest BCUT2D eigenvalue weighted by atomic mass is 19.4. The SMILES string of the molecule is Cc1nc(CC(=O)NC2(C)CCOC2)c(C2OCCO2)c(N[C@H](C)c2cccc(C(F)(F)F)c2)n1. The number of rotatable bonds is 7. The number of nitrogens with one attached hydrogen (secondary N) is 2. The van der Waals surface area contributed by atoms with Crippen molar-refractivity contribution in [1.29, 1.82) is 0 Å². The monoisotopic (exact) mass is 494 g/mol. The quantitative estimate of drug-likeness (QED) is 0.604. The Hall–Kier alpha value is -2.76. The number of hydrogen-bond acceptors (Lipinski definition) is 7. The van der Waals surface area contributed by atoms with Crippen molar-refractivity contribution in [3.63, 3.8) is 0 Å². The van der Waals surface area contributed by atoms with Crippen molar-refractivity contribution < 1.29 is 32.2 Å². The number of nitrogens with zero attached hydrogens (tertiary/aromatic N) is 2. The minimum atomic E-state index is -4.44. The van der Waals surface area contributed by atoms with Crippen LogP contribution in [0.25, 0.3) is 0 Å². The average molecular weight is 495 g/mol. The lowest BCUT2D eigenvalue weighted by atomic mass is 10.0. The maximum Gasteiger partial charge on any atom is 0.416 e. The molecule has 1 amide bonds. The van der Waals surface area contributed by atoms with Gasteiger partial charge >= 0.3 is 6.18 Å². The van der Waals surface area contributed by atoms with E-state index in [2.05, 4.69) is 20.6 Å². The molecule has 8 nitrogen and oxygen atoms in total. The number of carbonyl (C=O) groups is 1. The third kappa shape index (κ3) is 6.09. The molecule has 11 heteroatoms. The van der Waals surface area contributed by atoms with Gasteiger partial charge in [0.1, 0.15) is 11.6 Å². The molecule has 4 rings (SSSR count). The molecule has 2 fully saturated rings. The number of halogens is 3. The second kappa shape index (κ2) is 10.1. The topological polar surface area (TPSA) is 94.6 Å². The van der Waals surface area contributed by atoms with Crippen LogP contribution in [0.15, 0.2) is 24.3 Å². The van der Waals surface area contributed by atoms with E-state index in [1.165, 1.54) is 6.07 Å². The third-order valence-corrected chi connectivity index (χ3v) is 6.05. The number of amides is 1. The van der Waals surface area contributed by atoms with E-state index < -0.39 is 29.6 Å². The van der Waals surface area contributed by atoms with Gasteiger partial charge in [0.2, 0.25) is 5.91 Å². The molecule has 2 N–H and O–H groups in total. The number of benzene rings is 1. The molecule has 2 aromatic rings. The number of ether oxygens (including phenoxy) is 3. The van der Waals surface area contributed by atoms with Gasteiger partial charge in [-0.05, 0) is 44.9 Å². The molecule has 2 saturated heterocycles. The molecule has 3 heterocycles. The predicted molar refractivity (Wildman–Crippen MR) is 121 cm³/mol. The summed E-state index contributed by atoms with van der Waals surface area (Å²) in [4.78, 5) is 21.9. The summed E-state index contributed by atoms with van der Waals surface area (Å²) in [6.07, 6.45) is -4.56. The Bertz CT molecular complexity index is 1070. The summed E-state index contributed by atoms with van der Waals surface area (Å²) in [5.41, 5.74) is 0.160. The summed E-state index contributed by atoms with van der Waals surface area (Å²) in [7, 11) is 0. The van der Waals surface area contributed by atoms with E-state index in [0.29, 0.717) is 61.3 Å². The minimum Gasteiger partial charge on any atom is -0.379 e. The molecular weight excluding hydrogens is 465 g/mol. The van der Waals surface area contributed by atoms with Crippen molar-refractivity contribution in [3.05, 3.63) is 52.5 Å². The first kappa shape index (κ1) is 25.3. The second-order valence-corrected chi connectivity index (χ2v) is 9.13. The molecule has 1 aromatic heterocycles. The van der Waals surface area contributed by atoms with E-state index >= 15 is 0 Å². The highest BCUT2D eigenvalue weighted by Crippen LogP contribution is 2.35. The van der Waals surface area contributed by atoms with Crippen LogP contribution in [-0.2, 0) is 31.6 Å². The van der Waals surface area contributed by atoms with Crippen LogP contribution < -0.4 is 10.6 Å². The molecule has 0 spiro atoms. The Balaban J connectivity index is 1.62. The summed E-state index contributed by atoms with van der Waals surface area (Å²) < 4.78 is 56.4. The summed E-state index contributed by atoms with van der Waals surface area (Å²) in [6.45, 7) is 7.10. The number of aryl methyl sites for hydroxylation is 1. The number of aromatic nitrogens is 2. The molecule has 2 aliphatic heterocycles. The van der Waals surface area contributed by atoms with Gasteiger partial charge in [0.15, 0.2) is 6.29 Å². The van der Waals surface area contributed by atoms with Gasteiger partial charge < -0.3 is 24.8 Å². The van der Waals surface area contributed by atoms with E-state index in [4.69, 9.17) is 14.2 Å². The summed E-state index contributed by atoms with van der Waals surface area (Å²) in [6, 6.07) is 4.59. The van der Waals surface area contributed by atoms with Crippen LogP contribution in [0.5, 0.6) is 0 Å². The van der Waals surface area contributed by atoms with Crippen LogP contribution in [0.1, 0.15) is 60.8 Å². The van der Waals surface area contributed by atoms with E-state index in [-0.39, 0.29) is 12.3 Å². The van der Waals surface area contributed by atoms with Crippen molar-refractivity contribution in [2.75, 3.05) is 31.7 Å². The van der Waals surface area contributed by atoms with Crippen LogP contribution in [0.3, 0.4) is 0 Å². The minimum absolute atomic E-state index is 0.0376. The van der Waals surface area contributed by atoms with Gasteiger partial charge in [0, 0.05) is 12.6 Å². The van der Waals surface area contributed by atoms with E-state index in [1.54, 1.807) is 19.9 Å². The largest absolute Gasteiger partial charge is 0.416 e. The maximum absolute atomic E-state index is 13.2. The van der Waals surface area contributed by atoms with Gasteiger partial charge in [-0.25, -0.2) is 9.97 Å². The van der Waals surface area contributed by atoms with Gasteiger partial charge in [-0.1, -0.05) is 12.1 Å². The lowest BCUT2D eigenvalue weighted by Gasteiger charge is -2.25. The van der Waals surface area contributed by atoms with E-state index in [9.17, 15) is 18.0 Å². The first-order valence-electron chi connectivity index (χ1n) is 11.5. The zero-order chi connectivity index (χ0) is 25.2. The molecule has 0 aliphatic carbocycles. The average Bonchev–Trinajstić information content (AvgIpc) is 3.45. The number of carbonyl (C=O) groups excluding carboxylic acids is 1. The lowest BCUT2D eigenvalue weighted by Crippen LogP contribution is -2.47. The van der Waals surface area contributed by atoms with Gasteiger partial charge in [-0.3, -0.25) is 4.79 Å². The number of hydrogen-bond donors (Lipinski definition) is 2. The Labute approximate surface area is 201 Å². The van der Waals surface area contributed by atoms with Crippen LogP contribution in [0.4, 0.5) is 19.0 Å². The van der Waals surface area contributed by atoms with Gasteiger partial charge in [-0.15, -0.1) is 0 Å². The van der Waals surface area contributed by atoms with Crippen molar-refractivity contribution in [2.24, 2.45) is 0 Å². The number of anilines is 1. The maximum atomic E-state index is 13.2. The zero-order valence-electron chi connectivity index (χ0n) is 19.9. The fraction of sp³-hybridized carbons (Fsp3) is 0.542. The van der Waals surface area contributed by atoms with E-state index in [0.717, 1.165) is 12.1 Å². The molecular formula is C24H29F3N4O4. The fourth-order valence-corrected chi connectivity index (χ4v) is 4.23. The van der Waals surface area contributed by atoms with Gasteiger partial charge in [0.05, 0.1) is 48.6 Å². The molecule has 2 aliphatic rings. The first-order chi connectivity index (χ1) is 16.5. The van der Waals surface area contributed by atoms with Crippen LogP contribution in [-0.4, -0.2) is 47.8 Å². The summed E-state index contributed by atoms with van der Waals surface area (Å²) in [5.74, 6) is 0.531. The van der Waals surface area contributed by atoms with Crippen molar-refractivity contribution in [1.82, 2.24) is 15.3 Å². The molecule has 35 heavy (non-hydrogen) atoms. The molecule has 190 valence electrons. The Morgan fingerprint density at radius 3 is 2.63 bits per heavy atom. The standard InChI is InChI=1S/C24H29F3N4O4/c1-14(16-5-4-6-17(11-16)24(25,26)27)28-21-20(22-34-9-10-35-22)18(29-15(2)30-21)12-19(32)31-23(3)7-8-33-13-23/h4-6,11,14,22H,7-10,12-13H2,1-3H3,(H,31,32)(H,28,29,30)/t14-,23?/m1/s1. The van der Waals surface area contributed by atoms with E-state index in [1.807, 2.05) is 6.92 Å². The van der Waals surface area contributed by atoms with Crippen molar-refractivity contribution >= 4 is 11.7 Å². The highest BCUT2D eigenvalue weighted by molar-refractivity contribution is 5.79. The summed E-state index contributed by atoms with van der Waals surface area (Å²) >= 11 is 0. The molecule has 0 saturated carbocycles. The third-order valence-electron chi connectivity index (χ3n) is 6.05. The zero-order valence-corrected chi connectivity index (χ0v) is 19.9. The molecule has 2 atom stereocenters. The van der Waals surface area contributed by atoms with Crippen LogP contribution >= 0.6 is 0 Å². The second-order valence-electron chi connectivity index (χ2n) is 9.13. The molecule has 0 bridgehead atoms. The fourth-order valence-electron chi connectivity index (χ4n) is 4.23. The highest BCUT2D eigenvalue weighted by Gasteiger charge is 2.34. The lowest BCUT2D eigenvalue weighted by molar-refractivity contribution is -0.137. The number of alkyl halides is 3. The van der Waals surface area contributed by atoms with Crippen LogP contribution in [0, 0.1) is 6.92 Å². The first-order valence-corrected chi connectivity index (χ1v) is 11.5. The normalized spacial score (nSPS) is 21.8. The molecule has 1 unspecified atom stereocenters. The van der Waals surface area contributed by atoms with Crippen molar-refractivity contribution in [2.45, 2.75) is 57.7 Å².